The van der Waals surface area contributed by atoms with Crippen LogP contribution in [0.3, 0.4) is 0 Å². The smallest absolute Gasteiger partial charge is 0.0207 e. The summed E-state index contributed by atoms with van der Waals surface area (Å²) in [6.45, 7) is 4.22. The standard InChI is InChI=1S/C5H14N2/c1-4-5(2)7(3)6/h5H,4,6H2,1-3H3/t5-/m1/s1. The topological polar surface area (TPSA) is 29.3 Å². The van der Waals surface area contributed by atoms with Crippen LogP contribution in [0.2, 0.25) is 0 Å². The Balaban J connectivity index is 3.14. The van der Waals surface area contributed by atoms with Crippen LogP contribution in [0, 0.1) is 0 Å². The van der Waals surface area contributed by atoms with Crippen LogP contribution in [0.25, 0.3) is 0 Å². The van der Waals surface area contributed by atoms with E-state index in [1.165, 1.54) is 0 Å². The van der Waals surface area contributed by atoms with E-state index in [-0.39, 0.29) is 0 Å². The molecule has 0 aliphatic carbocycles. The molecule has 0 radical (unpaired) electrons. The van der Waals surface area contributed by atoms with E-state index in [0.29, 0.717) is 6.04 Å². The zero-order valence-electron chi connectivity index (χ0n) is 5.31. The molecule has 2 N–H and O–H groups in total. The summed E-state index contributed by atoms with van der Waals surface area (Å²) in [5.74, 6) is 5.38. The van der Waals surface area contributed by atoms with E-state index < -0.39 is 0 Å². The first kappa shape index (κ1) is 6.92. The highest BCUT2D eigenvalue weighted by Crippen LogP contribution is 1.91. The molecule has 2 nitrogen and oxygen atoms in total. The Morgan fingerprint density at radius 1 is 1.71 bits per heavy atom. The number of nitrogens with two attached hydrogens (primary N) is 1. The lowest BCUT2D eigenvalue weighted by Crippen LogP contribution is -2.34. The molecule has 2 heteroatoms. The Morgan fingerprint density at radius 3 is 2.14 bits per heavy atom. The molecule has 0 aliphatic heterocycles. The molecule has 0 fully saturated rings. The van der Waals surface area contributed by atoms with Crippen LogP contribution in [0.15, 0.2) is 0 Å². The van der Waals surface area contributed by atoms with Gasteiger partial charge in [-0.05, 0) is 13.3 Å². The van der Waals surface area contributed by atoms with Crippen molar-refractivity contribution in [3.8, 4) is 0 Å². The minimum Gasteiger partial charge on any atom is -0.269 e. The molecule has 0 rings (SSSR count). The third kappa shape index (κ3) is 2.60. The normalized spacial score (nSPS) is 15.0. The molecule has 7 heavy (non-hydrogen) atoms. The van der Waals surface area contributed by atoms with Crippen molar-refractivity contribution in [2.75, 3.05) is 7.05 Å². The third-order valence-electron chi connectivity index (χ3n) is 1.29. The average molecular weight is 102 g/mol. The van der Waals surface area contributed by atoms with Gasteiger partial charge in [-0.1, -0.05) is 6.92 Å². The van der Waals surface area contributed by atoms with E-state index >= 15 is 0 Å². The Morgan fingerprint density at radius 2 is 2.14 bits per heavy atom. The Labute approximate surface area is 45.3 Å². The molecule has 0 amide bonds. The first-order chi connectivity index (χ1) is 3.18. The molecule has 0 aromatic carbocycles. The van der Waals surface area contributed by atoms with Gasteiger partial charge in [0.25, 0.3) is 0 Å². The maximum Gasteiger partial charge on any atom is 0.0207 e. The molecular formula is C5H14N2. The first-order valence-corrected chi connectivity index (χ1v) is 2.66. The van der Waals surface area contributed by atoms with Gasteiger partial charge in [0.1, 0.15) is 0 Å². The van der Waals surface area contributed by atoms with Gasteiger partial charge in [0, 0.05) is 13.1 Å². The quantitative estimate of drug-likeness (QED) is 0.408. The summed E-state index contributed by atoms with van der Waals surface area (Å²) < 4.78 is 0. The third-order valence-corrected chi connectivity index (χ3v) is 1.29. The summed E-state index contributed by atoms with van der Waals surface area (Å²) in [5, 5.41) is 1.72. The van der Waals surface area contributed by atoms with E-state index in [1.807, 2.05) is 7.05 Å². The number of hydrogen-bond acceptors (Lipinski definition) is 2. The van der Waals surface area contributed by atoms with Crippen molar-refractivity contribution in [2.24, 2.45) is 5.84 Å². The summed E-state index contributed by atoms with van der Waals surface area (Å²) in [5.41, 5.74) is 0. The second-order valence-corrected chi connectivity index (χ2v) is 1.92. The number of hydrogen-bond donors (Lipinski definition) is 1. The zero-order chi connectivity index (χ0) is 5.86. The highest BCUT2D eigenvalue weighted by atomic mass is 15.4. The molecule has 0 bridgehead atoms. The summed E-state index contributed by atoms with van der Waals surface area (Å²) >= 11 is 0. The average Bonchev–Trinajstić information content (AvgIpc) is 1.65. The maximum absolute atomic E-state index is 5.38. The molecule has 0 aromatic rings. The van der Waals surface area contributed by atoms with E-state index in [2.05, 4.69) is 13.8 Å². The molecule has 0 saturated heterocycles. The van der Waals surface area contributed by atoms with Gasteiger partial charge in [-0.2, -0.15) is 0 Å². The molecule has 0 saturated carbocycles. The summed E-state index contributed by atoms with van der Waals surface area (Å²) in [6, 6.07) is 0.514. The van der Waals surface area contributed by atoms with Gasteiger partial charge >= 0.3 is 0 Å². The van der Waals surface area contributed by atoms with Crippen molar-refractivity contribution in [3.63, 3.8) is 0 Å². The summed E-state index contributed by atoms with van der Waals surface area (Å²) in [7, 11) is 1.88. The van der Waals surface area contributed by atoms with Gasteiger partial charge in [-0.3, -0.25) is 5.84 Å². The monoisotopic (exact) mass is 102 g/mol. The van der Waals surface area contributed by atoms with Gasteiger partial charge in [-0.25, -0.2) is 5.01 Å². The van der Waals surface area contributed by atoms with Crippen LogP contribution in [-0.4, -0.2) is 18.1 Å². The van der Waals surface area contributed by atoms with Gasteiger partial charge in [0.05, 0.1) is 0 Å². The van der Waals surface area contributed by atoms with Crippen LogP contribution in [0.1, 0.15) is 20.3 Å². The number of rotatable bonds is 2. The lowest BCUT2D eigenvalue weighted by molar-refractivity contribution is 0.260. The van der Waals surface area contributed by atoms with Crippen molar-refractivity contribution in [3.05, 3.63) is 0 Å². The lowest BCUT2D eigenvalue weighted by atomic mass is 10.3. The lowest BCUT2D eigenvalue weighted by Gasteiger charge is -2.16. The summed E-state index contributed by atoms with van der Waals surface area (Å²) in [4.78, 5) is 0. The molecule has 0 aromatic heterocycles. The molecule has 0 heterocycles. The molecular weight excluding hydrogens is 88.1 g/mol. The van der Waals surface area contributed by atoms with Crippen molar-refractivity contribution in [2.45, 2.75) is 26.3 Å². The van der Waals surface area contributed by atoms with Crippen molar-refractivity contribution < 1.29 is 0 Å². The predicted octanol–water partition coefficient (Wildman–Crippen LogP) is 0.590. The van der Waals surface area contributed by atoms with Crippen molar-refractivity contribution in [1.29, 1.82) is 0 Å². The second-order valence-electron chi connectivity index (χ2n) is 1.92. The highest BCUT2D eigenvalue weighted by Gasteiger charge is 1.97. The van der Waals surface area contributed by atoms with E-state index in [1.54, 1.807) is 5.01 Å². The van der Waals surface area contributed by atoms with E-state index in [4.69, 9.17) is 5.84 Å². The van der Waals surface area contributed by atoms with E-state index in [0.717, 1.165) is 6.42 Å². The van der Waals surface area contributed by atoms with E-state index in [9.17, 15) is 0 Å². The zero-order valence-corrected chi connectivity index (χ0v) is 5.31. The van der Waals surface area contributed by atoms with Gasteiger partial charge in [-0.15, -0.1) is 0 Å². The fourth-order valence-electron chi connectivity index (χ4n) is 0.288. The van der Waals surface area contributed by atoms with Crippen LogP contribution in [-0.2, 0) is 0 Å². The Bertz CT molecular complexity index is 43.3. The number of hydrazine groups is 1. The van der Waals surface area contributed by atoms with Crippen LogP contribution in [0.5, 0.6) is 0 Å². The number of nitrogens with zero attached hydrogens (tertiary/aromatic N) is 1. The Hall–Kier alpha value is -0.0800. The second kappa shape index (κ2) is 2.99. The Kier molecular flexibility index (Phi) is 2.96. The van der Waals surface area contributed by atoms with Gasteiger partial charge < -0.3 is 0 Å². The van der Waals surface area contributed by atoms with Gasteiger partial charge in [0.2, 0.25) is 0 Å². The van der Waals surface area contributed by atoms with Crippen LogP contribution >= 0.6 is 0 Å². The fraction of sp³-hybridized carbons (Fsp3) is 1.00. The van der Waals surface area contributed by atoms with Gasteiger partial charge in [0.15, 0.2) is 0 Å². The minimum atomic E-state index is 0.514. The van der Waals surface area contributed by atoms with Crippen molar-refractivity contribution >= 4 is 0 Å². The molecule has 0 unspecified atom stereocenters. The highest BCUT2D eigenvalue weighted by molar-refractivity contribution is 4.51. The summed E-state index contributed by atoms with van der Waals surface area (Å²) in [6.07, 6.45) is 1.12. The first-order valence-electron chi connectivity index (χ1n) is 2.66. The minimum absolute atomic E-state index is 0.514. The van der Waals surface area contributed by atoms with Crippen LogP contribution < -0.4 is 5.84 Å². The molecule has 0 aliphatic rings. The largest absolute Gasteiger partial charge is 0.269 e. The fourth-order valence-corrected chi connectivity index (χ4v) is 0.288. The predicted molar refractivity (Wildman–Crippen MR) is 31.7 cm³/mol. The maximum atomic E-state index is 5.38. The molecule has 1 atom stereocenters. The van der Waals surface area contributed by atoms with Crippen molar-refractivity contribution in [1.82, 2.24) is 5.01 Å². The molecule has 44 valence electrons. The van der Waals surface area contributed by atoms with Crippen LogP contribution in [0.4, 0.5) is 0 Å². The SMILES string of the molecule is CC[C@@H](C)N(C)N. The molecule has 0 spiro atoms.